The molecule has 3 heterocycles. The molecule has 2 aliphatic carbocycles. The maximum Gasteiger partial charge on any atom is 0.357 e. The molecule has 5 rings (SSSR count). The number of ether oxygens (including phenoxy) is 1. The van der Waals surface area contributed by atoms with Crippen LogP contribution in [0.2, 0.25) is 0 Å². The lowest BCUT2D eigenvalue weighted by Gasteiger charge is -2.23. The zero-order valence-electron chi connectivity index (χ0n) is 18.3. The molecule has 0 aromatic carbocycles. The molecule has 0 aliphatic heterocycles. The molecule has 0 bridgehead atoms. The lowest BCUT2D eigenvalue weighted by molar-refractivity contribution is 0.0520. The lowest BCUT2D eigenvalue weighted by Crippen LogP contribution is -2.35. The number of thiophene rings is 1. The van der Waals surface area contributed by atoms with Crippen molar-refractivity contribution in [3.05, 3.63) is 43.2 Å². The Bertz CT molecular complexity index is 1180. The van der Waals surface area contributed by atoms with Crippen LogP contribution in [0.15, 0.2) is 16.5 Å². The highest BCUT2D eigenvalue weighted by Gasteiger charge is 2.27. The van der Waals surface area contributed by atoms with Gasteiger partial charge in [0.2, 0.25) is 0 Å². The summed E-state index contributed by atoms with van der Waals surface area (Å²) in [7, 11) is 0. The molecule has 3 aromatic heterocycles. The number of thiazole rings is 1. The van der Waals surface area contributed by atoms with E-state index < -0.39 is 0 Å². The first kappa shape index (κ1) is 21.7. The summed E-state index contributed by atoms with van der Waals surface area (Å²) in [5.74, 6) is -0.354. The molecule has 0 radical (unpaired) electrons. The molecule has 2 aliphatic rings. The summed E-state index contributed by atoms with van der Waals surface area (Å²) >= 11 is 3.18. The number of nitrogens with one attached hydrogen (secondary N) is 1. The first-order valence-electron chi connectivity index (χ1n) is 11.5. The highest BCUT2D eigenvalue weighted by Crippen LogP contribution is 2.35. The Kier molecular flexibility index (Phi) is 6.39. The number of aryl methyl sites for hydroxylation is 1. The highest BCUT2D eigenvalue weighted by atomic mass is 32.1. The summed E-state index contributed by atoms with van der Waals surface area (Å²) in [4.78, 5) is 36.2. The van der Waals surface area contributed by atoms with Crippen molar-refractivity contribution in [2.75, 3.05) is 13.2 Å². The predicted octanol–water partition coefficient (Wildman–Crippen LogP) is 3.90. The maximum absolute atomic E-state index is 13.2. The Morgan fingerprint density at radius 2 is 2.16 bits per heavy atom. The number of hydrogen-bond acceptors (Lipinski definition) is 8. The molecule has 32 heavy (non-hydrogen) atoms. The van der Waals surface area contributed by atoms with Gasteiger partial charge in [-0.1, -0.05) is 12.8 Å². The summed E-state index contributed by atoms with van der Waals surface area (Å²) in [6.45, 7) is 2.97. The molecule has 3 aromatic rings. The van der Waals surface area contributed by atoms with E-state index in [1.54, 1.807) is 30.0 Å². The molecule has 0 saturated heterocycles. The molecule has 7 nitrogen and oxygen atoms in total. The number of carbonyl (C=O) groups is 1. The monoisotopic (exact) mass is 472 g/mol. The van der Waals surface area contributed by atoms with Crippen LogP contribution in [-0.2, 0) is 24.0 Å². The van der Waals surface area contributed by atoms with Crippen LogP contribution in [0.1, 0.15) is 71.0 Å². The van der Waals surface area contributed by atoms with Gasteiger partial charge in [-0.3, -0.25) is 9.36 Å². The summed E-state index contributed by atoms with van der Waals surface area (Å²) < 4.78 is 6.90. The van der Waals surface area contributed by atoms with Crippen molar-refractivity contribution in [2.45, 2.75) is 70.4 Å². The molecule has 0 unspecified atom stereocenters. The molecule has 1 N–H and O–H groups in total. The van der Waals surface area contributed by atoms with Crippen molar-refractivity contribution in [3.63, 3.8) is 0 Å². The average Bonchev–Trinajstić information content (AvgIpc) is 3.54. The Morgan fingerprint density at radius 1 is 1.31 bits per heavy atom. The summed E-state index contributed by atoms with van der Waals surface area (Å²) in [6.07, 6.45) is 10.0. The van der Waals surface area contributed by atoms with Crippen molar-refractivity contribution in [1.29, 1.82) is 0 Å². The summed E-state index contributed by atoms with van der Waals surface area (Å²) in [6, 6.07) is 0.709. The topological polar surface area (TPSA) is 86.1 Å². The van der Waals surface area contributed by atoms with Gasteiger partial charge in [0.25, 0.3) is 5.56 Å². The second kappa shape index (κ2) is 9.41. The number of carbonyl (C=O) groups excluding carboxylic acids is 1. The third-order valence-electron chi connectivity index (χ3n) is 6.52. The highest BCUT2D eigenvalue weighted by molar-refractivity contribution is 7.18. The van der Waals surface area contributed by atoms with E-state index in [1.807, 2.05) is 4.57 Å². The molecular weight excluding hydrogens is 444 g/mol. The number of aromatic nitrogens is 3. The van der Waals surface area contributed by atoms with Crippen LogP contribution in [0.25, 0.3) is 10.2 Å². The minimum Gasteiger partial charge on any atom is -0.461 e. The second-order valence-electron chi connectivity index (χ2n) is 8.57. The Labute approximate surface area is 194 Å². The average molecular weight is 473 g/mol. The Balaban J connectivity index is 1.23. The van der Waals surface area contributed by atoms with Crippen LogP contribution in [0.5, 0.6) is 0 Å². The Hall–Kier alpha value is -2.10. The van der Waals surface area contributed by atoms with E-state index in [0.717, 1.165) is 60.3 Å². The number of rotatable bonds is 7. The zero-order valence-corrected chi connectivity index (χ0v) is 19.9. The van der Waals surface area contributed by atoms with Crippen molar-refractivity contribution >= 4 is 38.9 Å². The molecule has 1 atom stereocenters. The minimum absolute atomic E-state index is 0.159. The van der Waals surface area contributed by atoms with Gasteiger partial charge < -0.3 is 10.1 Å². The van der Waals surface area contributed by atoms with E-state index >= 15 is 0 Å². The van der Waals surface area contributed by atoms with Crippen LogP contribution in [0.4, 0.5) is 0 Å². The van der Waals surface area contributed by atoms with Gasteiger partial charge in [0, 0.05) is 35.3 Å². The molecule has 0 amide bonds. The van der Waals surface area contributed by atoms with E-state index in [1.165, 1.54) is 34.6 Å². The summed E-state index contributed by atoms with van der Waals surface area (Å²) in [5, 5.41) is 7.22. The van der Waals surface area contributed by atoms with E-state index in [0.29, 0.717) is 24.4 Å². The number of fused-ring (bicyclic) bond motifs is 3. The summed E-state index contributed by atoms with van der Waals surface area (Å²) in [5.41, 5.74) is 1.79. The van der Waals surface area contributed by atoms with Gasteiger partial charge in [-0.05, 0) is 44.6 Å². The van der Waals surface area contributed by atoms with Gasteiger partial charge in [0.15, 0.2) is 5.69 Å². The third kappa shape index (κ3) is 4.25. The van der Waals surface area contributed by atoms with Crippen molar-refractivity contribution < 1.29 is 9.53 Å². The first-order chi connectivity index (χ1) is 15.6. The van der Waals surface area contributed by atoms with Crippen molar-refractivity contribution in [2.24, 2.45) is 0 Å². The van der Waals surface area contributed by atoms with Crippen LogP contribution in [0, 0.1) is 0 Å². The number of esters is 1. The molecule has 0 spiro atoms. The normalized spacial score (nSPS) is 18.8. The lowest BCUT2D eigenvalue weighted by atomic mass is 9.93. The molecule has 1 fully saturated rings. The van der Waals surface area contributed by atoms with E-state index in [4.69, 9.17) is 4.74 Å². The largest absolute Gasteiger partial charge is 0.461 e. The van der Waals surface area contributed by atoms with Gasteiger partial charge in [0.05, 0.1) is 23.3 Å². The second-order valence-corrected chi connectivity index (χ2v) is 10.6. The van der Waals surface area contributed by atoms with Gasteiger partial charge in [-0.15, -0.1) is 22.7 Å². The number of hydrogen-bond donors (Lipinski definition) is 1. The van der Waals surface area contributed by atoms with Gasteiger partial charge >= 0.3 is 5.97 Å². The van der Waals surface area contributed by atoms with Crippen LogP contribution in [-0.4, -0.2) is 39.7 Å². The van der Waals surface area contributed by atoms with Crippen LogP contribution >= 0.6 is 22.7 Å². The van der Waals surface area contributed by atoms with Crippen molar-refractivity contribution in [1.82, 2.24) is 19.9 Å². The van der Waals surface area contributed by atoms with Crippen LogP contribution < -0.4 is 10.9 Å². The molecule has 170 valence electrons. The van der Waals surface area contributed by atoms with Gasteiger partial charge in [-0.25, -0.2) is 14.8 Å². The molecular formula is C23H28N4O3S2. The van der Waals surface area contributed by atoms with Crippen molar-refractivity contribution in [3.8, 4) is 0 Å². The van der Waals surface area contributed by atoms with Crippen LogP contribution in [0.3, 0.4) is 0 Å². The predicted molar refractivity (Wildman–Crippen MR) is 127 cm³/mol. The fourth-order valence-electron chi connectivity index (χ4n) is 4.90. The SMILES string of the molecule is CCOC(=O)c1csc(CCN[C@@H]2CCc3c(sc4ncn(C5CCCC5)c(=O)c34)C2)n1. The van der Waals surface area contributed by atoms with E-state index in [2.05, 4.69) is 15.3 Å². The zero-order chi connectivity index (χ0) is 22.1. The smallest absolute Gasteiger partial charge is 0.357 e. The molecule has 9 heteroatoms. The molecule has 1 saturated carbocycles. The van der Waals surface area contributed by atoms with Gasteiger partial charge in [-0.2, -0.15) is 0 Å². The first-order valence-corrected chi connectivity index (χ1v) is 13.2. The quantitative estimate of drug-likeness (QED) is 0.525. The standard InChI is InChI=1S/C23H28N4O3S2/c1-2-30-23(29)17-12-31-19(26-17)9-10-24-14-7-8-16-18(11-14)32-21-20(16)22(28)27(13-25-21)15-5-3-4-6-15/h12-15,24H,2-11H2,1H3/t14-/m1/s1. The van der Waals surface area contributed by atoms with Gasteiger partial charge in [0.1, 0.15) is 4.83 Å². The maximum atomic E-state index is 13.2. The fourth-order valence-corrected chi connectivity index (χ4v) is 6.93. The fraction of sp³-hybridized carbons (Fsp3) is 0.565. The van der Waals surface area contributed by atoms with E-state index in [9.17, 15) is 9.59 Å². The minimum atomic E-state index is -0.354. The number of nitrogens with zero attached hydrogens (tertiary/aromatic N) is 3. The van der Waals surface area contributed by atoms with E-state index in [-0.39, 0.29) is 11.5 Å². The third-order valence-corrected chi connectivity index (χ3v) is 8.59. The Morgan fingerprint density at radius 3 is 2.97 bits per heavy atom.